The van der Waals surface area contributed by atoms with Gasteiger partial charge >= 0.3 is 0 Å². The van der Waals surface area contributed by atoms with Gasteiger partial charge in [0.2, 0.25) is 0 Å². The molecule has 0 aliphatic carbocycles. The summed E-state index contributed by atoms with van der Waals surface area (Å²) in [6.45, 7) is 4.33. The number of aromatic nitrogens is 2. The molecule has 1 N–H and O–H groups in total. The lowest BCUT2D eigenvalue weighted by Crippen LogP contribution is -2.33. The van der Waals surface area contributed by atoms with Crippen molar-refractivity contribution < 1.29 is 9.53 Å². The van der Waals surface area contributed by atoms with Crippen LogP contribution in [0.2, 0.25) is 0 Å². The number of methoxy groups -OCH3 is 1. The van der Waals surface area contributed by atoms with E-state index in [0.717, 1.165) is 6.42 Å². The molecule has 1 heterocycles. The van der Waals surface area contributed by atoms with Crippen LogP contribution in [0.5, 0.6) is 0 Å². The number of para-hydroxylation sites is 1. The number of benzene rings is 2. The molecule has 0 saturated carbocycles. The molecule has 140 valence electrons. The summed E-state index contributed by atoms with van der Waals surface area (Å²) in [7, 11) is 1.64. The Labute approximate surface area is 157 Å². The van der Waals surface area contributed by atoms with Crippen LogP contribution in [0.15, 0.2) is 53.3 Å². The maximum absolute atomic E-state index is 12.8. The summed E-state index contributed by atoms with van der Waals surface area (Å²) in [6.07, 6.45) is 0.748. The monoisotopic (exact) mass is 365 g/mol. The number of aryl methyl sites for hydroxylation is 1. The predicted octanol–water partition coefficient (Wildman–Crippen LogP) is 2.85. The van der Waals surface area contributed by atoms with Crippen molar-refractivity contribution in [1.29, 1.82) is 0 Å². The van der Waals surface area contributed by atoms with Gasteiger partial charge in [0.1, 0.15) is 5.82 Å². The van der Waals surface area contributed by atoms with E-state index in [1.54, 1.807) is 48.9 Å². The lowest BCUT2D eigenvalue weighted by Gasteiger charge is -2.14. The van der Waals surface area contributed by atoms with Crippen molar-refractivity contribution >= 4 is 16.8 Å². The van der Waals surface area contributed by atoms with Crippen molar-refractivity contribution in [3.63, 3.8) is 0 Å². The van der Waals surface area contributed by atoms with Gasteiger partial charge in [-0.25, -0.2) is 4.98 Å². The second-order valence-corrected chi connectivity index (χ2v) is 6.52. The van der Waals surface area contributed by atoms with E-state index in [1.165, 1.54) is 0 Å². The third-order valence-electron chi connectivity index (χ3n) is 4.46. The molecule has 0 radical (unpaired) electrons. The van der Waals surface area contributed by atoms with Gasteiger partial charge in [0.25, 0.3) is 11.5 Å². The summed E-state index contributed by atoms with van der Waals surface area (Å²) in [6, 6.07) is 14.3. The van der Waals surface area contributed by atoms with Crippen LogP contribution in [-0.4, -0.2) is 35.2 Å². The number of carbonyl (C=O) groups is 1. The van der Waals surface area contributed by atoms with Gasteiger partial charge < -0.3 is 10.1 Å². The highest BCUT2D eigenvalue weighted by molar-refractivity contribution is 5.94. The Morgan fingerprint density at radius 1 is 1.19 bits per heavy atom. The highest BCUT2D eigenvalue weighted by Gasteiger charge is 2.12. The first-order valence-electron chi connectivity index (χ1n) is 8.90. The molecule has 0 aliphatic heterocycles. The Bertz CT molecular complexity index is 1010. The van der Waals surface area contributed by atoms with Crippen molar-refractivity contribution in [3.05, 3.63) is 70.3 Å². The maximum Gasteiger partial charge on any atom is 0.265 e. The standard InChI is InChI=1S/C21H23N3O3/c1-14(12-13-27-3)22-20(25)16-8-10-17(11-9-16)24-15(2)23-19-7-5-4-6-18(19)21(24)26/h4-11,14H,12-13H2,1-3H3,(H,22,25). The lowest BCUT2D eigenvalue weighted by molar-refractivity contribution is 0.0929. The molecule has 1 atom stereocenters. The summed E-state index contributed by atoms with van der Waals surface area (Å²) in [5, 5.41) is 3.50. The zero-order chi connectivity index (χ0) is 19.4. The number of ether oxygens (including phenoxy) is 1. The van der Waals surface area contributed by atoms with Crippen molar-refractivity contribution in [2.24, 2.45) is 0 Å². The van der Waals surface area contributed by atoms with Crippen LogP contribution in [0.1, 0.15) is 29.5 Å². The Balaban J connectivity index is 1.87. The first-order valence-corrected chi connectivity index (χ1v) is 8.90. The lowest BCUT2D eigenvalue weighted by atomic mass is 10.1. The van der Waals surface area contributed by atoms with E-state index in [0.29, 0.717) is 34.6 Å². The fraction of sp³-hybridized carbons (Fsp3) is 0.286. The SMILES string of the molecule is COCCC(C)NC(=O)c1ccc(-n2c(C)nc3ccccc3c2=O)cc1. The highest BCUT2D eigenvalue weighted by atomic mass is 16.5. The van der Waals surface area contributed by atoms with E-state index in [1.807, 2.05) is 25.1 Å². The minimum absolute atomic E-state index is 0.0201. The van der Waals surface area contributed by atoms with Gasteiger partial charge in [-0.3, -0.25) is 14.2 Å². The van der Waals surface area contributed by atoms with Gasteiger partial charge in [0.15, 0.2) is 0 Å². The fourth-order valence-corrected chi connectivity index (χ4v) is 2.98. The van der Waals surface area contributed by atoms with E-state index >= 15 is 0 Å². The Morgan fingerprint density at radius 3 is 2.59 bits per heavy atom. The van der Waals surface area contributed by atoms with Crippen LogP contribution in [0, 0.1) is 6.92 Å². The number of amides is 1. The number of fused-ring (bicyclic) bond motifs is 1. The van der Waals surface area contributed by atoms with Crippen LogP contribution in [0.3, 0.4) is 0 Å². The van der Waals surface area contributed by atoms with Crippen molar-refractivity contribution in [2.75, 3.05) is 13.7 Å². The first kappa shape index (κ1) is 18.8. The molecule has 6 nitrogen and oxygen atoms in total. The van der Waals surface area contributed by atoms with E-state index in [9.17, 15) is 9.59 Å². The quantitative estimate of drug-likeness (QED) is 0.729. The average molecular weight is 365 g/mol. The van der Waals surface area contributed by atoms with Gasteiger partial charge in [0.05, 0.1) is 16.6 Å². The van der Waals surface area contributed by atoms with Crippen molar-refractivity contribution in [3.8, 4) is 5.69 Å². The van der Waals surface area contributed by atoms with Crippen molar-refractivity contribution in [2.45, 2.75) is 26.3 Å². The first-order chi connectivity index (χ1) is 13.0. The van der Waals surface area contributed by atoms with Crippen LogP contribution in [-0.2, 0) is 4.74 Å². The summed E-state index contributed by atoms with van der Waals surface area (Å²) in [5.41, 5.74) is 1.78. The van der Waals surface area contributed by atoms with E-state index in [2.05, 4.69) is 10.3 Å². The van der Waals surface area contributed by atoms with Crippen LogP contribution < -0.4 is 10.9 Å². The van der Waals surface area contributed by atoms with Crippen LogP contribution in [0.4, 0.5) is 0 Å². The molecule has 1 amide bonds. The third kappa shape index (κ3) is 4.06. The third-order valence-corrected chi connectivity index (χ3v) is 4.46. The van der Waals surface area contributed by atoms with E-state index < -0.39 is 0 Å². The topological polar surface area (TPSA) is 73.2 Å². The molecule has 0 fully saturated rings. The Hall–Kier alpha value is -2.99. The van der Waals surface area contributed by atoms with Gasteiger partial charge in [-0.1, -0.05) is 12.1 Å². The van der Waals surface area contributed by atoms with Crippen molar-refractivity contribution in [1.82, 2.24) is 14.9 Å². The summed E-state index contributed by atoms with van der Waals surface area (Å²) < 4.78 is 6.59. The molecule has 0 saturated heterocycles. The molecule has 1 unspecified atom stereocenters. The van der Waals surface area contributed by atoms with Crippen LogP contribution >= 0.6 is 0 Å². The van der Waals surface area contributed by atoms with Gasteiger partial charge in [0, 0.05) is 25.3 Å². The second-order valence-electron chi connectivity index (χ2n) is 6.52. The predicted molar refractivity (Wildman–Crippen MR) is 105 cm³/mol. The zero-order valence-corrected chi connectivity index (χ0v) is 15.7. The van der Waals surface area contributed by atoms with Gasteiger partial charge in [-0.15, -0.1) is 0 Å². The number of hydrogen-bond acceptors (Lipinski definition) is 4. The molecule has 3 rings (SSSR count). The number of hydrogen-bond donors (Lipinski definition) is 1. The second kappa shape index (κ2) is 8.14. The average Bonchev–Trinajstić information content (AvgIpc) is 2.67. The number of nitrogens with one attached hydrogen (secondary N) is 1. The number of carbonyl (C=O) groups excluding carboxylic acids is 1. The molecular formula is C21H23N3O3. The van der Waals surface area contributed by atoms with E-state index in [-0.39, 0.29) is 17.5 Å². The summed E-state index contributed by atoms with van der Waals surface area (Å²) in [4.78, 5) is 29.7. The molecular weight excluding hydrogens is 342 g/mol. The normalized spacial score (nSPS) is 12.1. The van der Waals surface area contributed by atoms with Gasteiger partial charge in [-0.05, 0) is 56.7 Å². The van der Waals surface area contributed by atoms with Crippen LogP contribution in [0.25, 0.3) is 16.6 Å². The highest BCUT2D eigenvalue weighted by Crippen LogP contribution is 2.13. The summed E-state index contributed by atoms with van der Waals surface area (Å²) in [5.74, 6) is 0.454. The number of nitrogens with zero attached hydrogens (tertiary/aromatic N) is 2. The molecule has 27 heavy (non-hydrogen) atoms. The molecule has 2 aromatic carbocycles. The molecule has 0 aliphatic rings. The zero-order valence-electron chi connectivity index (χ0n) is 15.7. The molecule has 0 bridgehead atoms. The largest absolute Gasteiger partial charge is 0.385 e. The molecule has 6 heteroatoms. The molecule has 0 spiro atoms. The summed E-state index contributed by atoms with van der Waals surface area (Å²) >= 11 is 0. The maximum atomic E-state index is 12.8. The smallest absolute Gasteiger partial charge is 0.265 e. The Kier molecular flexibility index (Phi) is 5.66. The minimum Gasteiger partial charge on any atom is -0.385 e. The van der Waals surface area contributed by atoms with Gasteiger partial charge in [-0.2, -0.15) is 0 Å². The molecule has 1 aromatic heterocycles. The Morgan fingerprint density at radius 2 is 1.89 bits per heavy atom. The molecule has 3 aromatic rings. The van der Waals surface area contributed by atoms with E-state index in [4.69, 9.17) is 4.74 Å². The minimum atomic E-state index is -0.147. The number of rotatable bonds is 6. The fourth-order valence-electron chi connectivity index (χ4n) is 2.98.